The van der Waals surface area contributed by atoms with E-state index in [1.807, 2.05) is 0 Å². The van der Waals surface area contributed by atoms with Crippen molar-refractivity contribution in [2.75, 3.05) is 0 Å². The van der Waals surface area contributed by atoms with Crippen molar-refractivity contribution in [2.24, 2.45) is 5.73 Å². The minimum absolute atomic E-state index is 0.00519. The molecular formula is C9H9Cl2NO. The summed E-state index contributed by atoms with van der Waals surface area (Å²) in [5.41, 5.74) is 7.74. The minimum Gasteiger partial charge on any atom is -0.505 e. The topological polar surface area (TPSA) is 46.2 Å². The summed E-state index contributed by atoms with van der Waals surface area (Å²) in [6, 6.07) is 1.71. The van der Waals surface area contributed by atoms with Gasteiger partial charge in [-0.1, -0.05) is 23.2 Å². The molecule has 0 bridgehead atoms. The molecule has 0 heterocycles. The number of hydrogen-bond acceptors (Lipinski definition) is 2. The number of aromatic hydroxyl groups is 1. The van der Waals surface area contributed by atoms with E-state index in [1.165, 1.54) is 0 Å². The van der Waals surface area contributed by atoms with Crippen LogP contribution >= 0.6 is 23.2 Å². The third-order valence-corrected chi connectivity index (χ3v) is 3.13. The summed E-state index contributed by atoms with van der Waals surface area (Å²) in [6.45, 7) is 0. The van der Waals surface area contributed by atoms with Crippen molar-refractivity contribution >= 4 is 23.2 Å². The largest absolute Gasteiger partial charge is 0.505 e. The summed E-state index contributed by atoms with van der Waals surface area (Å²) < 4.78 is 0. The van der Waals surface area contributed by atoms with Gasteiger partial charge < -0.3 is 10.8 Å². The van der Waals surface area contributed by atoms with Crippen LogP contribution in [-0.4, -0.2) is 5.11 Å². The quantitative estimate of drug-likeness (QED) is 0.703. The maximum Gasteiger partial charge on any atom is 0.153 e. The van der Waals surface area contributed by atoms with Crippen LogP contribution < -0.4 is 5.73 Å². The zero-order valence-electron chi connectivity index (χ0n) is 6.85. The summed E-state index contributed by atoms with van der Waals surface area (Å²) >= 11 is 11.7. The minimum atomic E-state index is -0.0313. The summed E-state index contributed by atoms with van der Waals surface area (Å²) in [7, 11) is 0. The molecule has 1 aromatic rings. The van der Waals surface area contributed by atoms with Crippen molar-refractivity contribution in [3.63, 3.8) is 0 Å². The summed E-state index contributed by atoms with van der Waals surface area (Å²) in [5, 5.41) is 10.1. The van der Waals surface area contributed by atoms with Crippen molar-refractivity contribution in [1.82, 2.24) is 0 Å². The van der Waals surface area contributed by atoms with E-state index >= 15 is 0 Å². The monoisotopic (exact) mass is 217 g/mol. The van der Waals surface area contributed by atoms with Crippen LogP contribution in [0.2, 0.25) is 10.0 Å². The molecule has 0 amide bonds. The Morgan fingerprint density at radius 2 is 2.15 bits per heavy atom. The van der Waals surface area contributed by atoms with Crippen molar-refractivity contribution in [3.8, 4) is 5.75 Å². The summed E-state index contributed by atoms with van der Waals surface area (Å²) in [6.07, 6.45) is 1.69. The molecule has 1 aliphatic carbocycles. The average Bonchev–Trinajstić information content (AvgIpc) is 2.45. The Hall–Kier alpha value is -0.440. The van der Waals surface area contributed by atoms with E-state index in [9.17, 15) is 5.11 Å². The maximum atomic E-state index is 9.45. The predicted molar refractivity (Wildman–Crippen MR) is 53.4 cm³/mol. The molecule has 0 aromatic heterocycles. The highest BCUT2D eigenvalue weighted by Gasteiger charge is 2.24. The maximum absolute atomic E-state index is 9.45. The lowest BCUT2D eigenvalue weighted by Gasteiger charge is -2.08. The molecule has 2 nitrogen and oxygen atoms in total. The van der Waals surface area contributed by atoms with E-state index in [0.29, 0.717) is 5.02 Å². The third kappa shape index (κ3) is 1.30. The van der Waals surface area contributed by atoms with Crippen LogP contribution in [0.25, 0.3) is 0 Å². The van der Waals surface area contributed by atoms with E-state index in [4.69, 9.17) is 28.9 Å². The van der Waals surface area contributed by atoms with Crippen LogP contribution in [0.15, 0.2) is 6.07 Å². The molecule has 70 valence electrons. The summed E-state index contributed by atoms with van der Waals surface area (Å²) in [4.78, 5) is 0. The highest BCUT2D eigenvalue weighted by molar-refractivity contribution is 6.37. The lowest BCUT2D eigenvalue weighted by molar-refractivity contribution is 0.475. The van der Waals surface area contributed by atoms with Crippen molar-refractivity contribution in [1.29, 1.82) is 0 Å². The van der Waals surface area contributed by atoms with E-state index in [2.05, 4.69) is 0 Å². The SMILES string of the molecule is NC1CCc2c1cc(Cl)c(O)c2Cl. The van der Waals surface area contributed by atoms with Gasteiger partial charge in [-0.3, -0.25) is 0 Å². The number of benzene rings is 1. The molecule has 1 aromatic carbocycles. The fraction of sp³-hybridized carbons (Fsp3) is 0.333. The van der Waals surface area contributed by atoms with E-state index in [0.717, 1.165) is 24.0 Å². The average molecular weight is 218 g/mol. The van der Waals surface area contributed by atoms with Crippen molar-refractivity contribution in [3.05, 3.63) is 27.2 Å². The van der Waals surface area contributed by atoms with Crippen molar-refractivity contribution < 1.29 is 5.11 Å². The van der Waals surface area contributed by atoms with Crippen LogP contribution in [0, 0.1) is 0 Å². The van der Waals surface area contributed by atoms with Gasteiger partial charge in [0, 0.05) is 6.04 Å². The number of phenols is 1. The molecule has 0 fully saturated rings. The fourth-order valence-electron chi connectivity index (χ4n) is 1.71. The second kappa shape index (κ2) is 3.05. The third-order valence-electron chi connectivity index (χ3n) is 2.43. The summed E-state index contributed by atoms with van der Waals surface area (Å²) in [5.74, 6) is -0.0313. The van der Waals surface area contributed by atoms with E-state index < -0.39 is 0 Å². The van der Waals surface area contributed by atoms with Gasteiger partial charge in [0.25, 0.3) is 0 Å². The first-order valence-corrected chi connectivity index (χ1v) is 4.82. The Morgan fingerprint density at radius 1 is 1.46 bits per heavy atom. The highest BCUT2D eigenvalue weighted by atomic mass is 35.5. The standard InChI is InChI=1S/C9H9Cl2NO/c10-6-3-5-4(1-2-7(5)12)8(11)9(6)13/h3,7,13H,1-2,12H2. The molecule has 2 rings (SSSR count). The van der Waals surface area contributed by atoms with E-state index in [-0.39, 0.29) is 16.8 Å². The molecule has 3 N–H and O–H groups in total. The van der Waals surface area contributed by atoms with Gasteiger partial charge in [0.05, 0.1) is 10.0 Å². The van der Waals surface area contributed by atoms with Gasteiger partial charge >= 0.3 is 0 Å². The number of nitrogens with two attached hydrogens (primary N) is 1. The fourth-order valence-corrected chi connectivity index (χ4v) is 2.27. The first-order valence-electron chi connectivity index (χ1n) is 4.06. The molecule has 1 unspecified atom stereocenters. The molecule has 0 saturated carbocycles. The number of halogens is 2. The molecule has 0 radical (unpaired) electrons. The Kier molecular flexibility index (Phi) is 2.14. The number of rotatable bonds is 0. The van der Waals surface area contributed by atoms with Crippen LogP contribution in [0.1, 0.15) is 23.6 Å². The molecule has 1 atom stereocenters. The van der Waals surface area contributed by atoms with Gasteiger partial charge in [-0.05, 0) is 30.0 Å². The van der Waals surface area contributed by atoms with Crippen LogP contribution in [-0.2, 0) is 6.42 Å². The molecule has 13 heavy (non-hydrogen) atoms. The van der Waals surface area contributed by atoms with Crippen LogP contribution in [0.5, 0.6) is 5.75 Å². The number of hydrogen-bond donors (Lipinski definition) is 2. The second-order valence-electron chi connectivity index (χ2n) is 3.23. The zero-order chi connectivity index (χ0) is 9.59. The van der Waals surface area contributed by atoms with Crippen LogP contribution in [0.4, 0.5) is 0 Å². The lowest BCUT2D eigenvalue weighted by Crippen LogP contribution is -2.05. The molecule has 0 aliphatic heterocycles. The van der Waals surface area contributed by atoms with E-state index in [1.54, 1.807) is 6.07 Å². The molecule has 0 spiro atoms. The van der Waals surface area contributed by atoms with Gasteiger partial charge in [-0.25, -0.2) is 0 Å². The van der Waals surface area contributed by atoms with Gasteiger partial charge in [-0.15, -0.1) is 0 Å². The highest BCUT2D eigenvalue weighted by Crippen LogP contribution is 2.42. The Labute approximate surface area is 86.3 Å². The van der Waals surface area contributed by atoms with Gasteiger partial charge in [0.15, 0.2) is 5.75 Å². The molecule has 4 heteroatoms. The van der Waals surface area contributed by atoms with Crippen molar-refractivity contribution in [2.45, 2.75) is 18.9 Å². The Bertz CT molecular complexity index is 365. The number of fused-ring (bicyclic) bond motifs is 1. The van der Waals surface area contributed by atoms with Gasteiger partial charge in [0.2, 0.25) is 0 Å². The van der Waals surface area contributed by atoms with Gasteiger partial charge in [-0.2, -0.15) is 0 Å². The second-order valence-corrected chi connectivity index (χ2v) is 4.02. The molecule has 0 saturated heterocycles. The molecular weight excluding hydrogens is 209 g/mol. The first kappa shape index (κ1) is 9.13. The molecule has 1 aliphatic rings. The normalized spacial score (nSPS) is 20.4. The lowest BCUT2D eigenvalue weighted by atomic mass is 10.1. The Balaban J connectivity index is 2.67. The van der Waals surface area contributed by atoms with Gasteiger partial charge in [0.1, 0.15) is 0 Å². The zero-order valence-corrected chi connectivity index (χ0v) is 8.36. The van der Waals surface area contributed by atoms with Crippen LogP contribution in [0.3, 0.4) is 0 Å². The smallest absolute Gasteiger partial charge is 0.153 e. The first-order chi connectivity index (χ1) is 6.11. The Morgan fingerprint density at radius 3 is 2.85 bits per heavy atom. The number of phenolic OH excluding ortho intramolecular Hbond substituents is 1. The predicted octanol–water partition coefficient (Wildman–Crippen LogP) is 2.65.